The summed E-state index contributed by atoms with van der Waals surface area (Å²) >= 11 is 0. The first kappa shape index (κ1) is 46.7. The highest BCUT2D eigenvalue weighted by Crippen LogP contribution is 2.35. The number of likely N-dealkylation sites (tertiary alicyclic amines) is 1. The molecule has 336 valence electrons. The number of nitrogens with one attached hydrogen (secondary N) is 3. The summed E-state index contributed by atoms with van der Waals surface area (Å²) in [5.41, 5.74) is 14.1. The number of pyridine rings is 1. The predicted molar refractivity (Wildman–Crippen MR) is 226 cm³/mol. The lowest BCUT2D eigenvalue weighted by Gasteiger charge is -2.36. The van der Waals surface area contributed by atoms with Crippen LogP contribution in [0.4, 0.5) is 21.0 Å². The number of hydroxylamine groups is 1. The van der Waals surface area contributed by atoms with Crippen molar-refractivity contribution in [1.29, 1.82) is 0 Å². The number of primary amides is 2. The van der Waals surface area contributed by atoms with Crippen LogP contribution in [0.25, 0.3) is 11.0 Å². The molecule has 0 spiro atoms. The molecule has 21 nitrogen and oxygen atoms in total. The second-order valence-corrected chi connectivity index (χ2v) is 16.3. The van der Waals surface area contributed by atoms with Gasteiger partial charge in [0.15, 0.2) is 0 Å². The number of nitrogens with two attached hydrogens (primary N) is 2. The quantitative estimate of drug-likeness (QED) is 0.0932. The Morgan fingerprint density at radius 3 is 2.37 bits per heavy atom. The molecule has 1 aliphatic heterocycles. The highest BCUT2D eigenvalue weighted by molar-refractivity contribution is 6.07. The number of carbonyl (C=O) groups is 7. The summed E-state index contributed by atoms with van der Waals surface area (Å²) in [7, 11) is 4.99. The third-order valence-corrected chi connectivity index (χ3v) is 11.3. The van der Waals surface area contributed by atoms with E-state index in [2.05, 4.69) is 15.6 Å². The molecule has 1 saturated carbocycles. The molecule has 4 atom stereocenters. The molecule has 2 aliphatic rings. The van der Waals surface area contributed by atoms with Crippen molar-refractivity contribution in [1.82, 2.24) is 35.0 Å². The molecule has 62 heavy (non-hydrogen) atoms. The van der Waals surface area contributed by atoms with Crippen LogP contribution in [0, 0.1) is 5.92 Å². The maximum atomic E-state index is 13.6. The molecule has 9 N–H and O–H groups in total. The monoisotopic (exact) mass is 863 g/mol. The van der Waals surface area contributed by atoms with Gasteiger partial charge < -0.3 is 56.8 Å². The average Bonchev–Trinajstić information content (AvgIpc) is 3.90. The van der Waals surface area contributed by atoms with E-state index in [-0.39, 0.29) is 44.3 Å². The van der Waals surface area contributed by atoms with Crippen molar-refractivity contribution in [2.75, 3.05) is 64.1 Å². The number of nitrogens with zero attached hydrogens (tertiary/aromatic N) is 6. The van der Waals surface area contributed by atoms with Gasteiger partial charge in [0.05, 0.1) is 29.8 Å². The molecule has 1 saturated heterocycles. The largest absolute Gasteiger partial charge is 0.445 e. The first-order valence-electron chi connectivity index (χ1n) is 20.4. The Hall–Kier alpha value is -6.32. The van der Waals surface area contributed by atoms with Crippen LogP contribution in [0.5, 0.6) is 0 Å². The van der Waals surface area contributed by atoms with Gasteiger partial charge in [0.1, 0.15) is 24.3 Å². The van der Waals surface area contributed by atoms with Crippen LogP contribution < -0.4 is 32.5 Å². The van der Waals surface area contributed by atoms with E-state index in [0.717, 1.165) is 19.3 Å². The Kier molecular flexibility index (Phi) is 15.5. The minimum absolute atomic E-state index is 0.0733. The van der Waals surface area contributed by atoms with E-state index in [1.54, 1.807) is 56.1 Å². The Balaban J connectivity index is 1.07. The van der Waals surface area contributed by atoms with E-state index < -0.39 is 65.8 Å². The zero-order chi connectivity index (χ0) is 45.3. The SMILES string of the molecule is CN(CCN(C)C(=O)n1ccc2c(N(C)C[C@H]3CCC[C@](C)(O)C3)c(C(N)=O)cnc21)C(=O)OCc1ccc(NC(=O)CNC(=O)C2CCCN2C(=O)C(CC(N)=O)NO)cc1. The van der Waals surface area contributed by atoms with Crippen LogP contribution in [0.15, 0.2) is 42.7 Å². The molecule has 2 fully saturated rings. The number of anilines is 2. The summed E-state index contributed by atoms with van der Waals surface area (Å²) in [4.78, 5) is 98.7. The van der Waals surface area contributed by atoms with Crippen molar-refractivity contribution in [3.8, 4) is 0 Å². The second kappa shape index (κ2) is 20.5. The molecule has 7 amide bonds. The number of likely N-dealkylation sites (N-methyl/N-ethyl adjacent to an activating group) is 2. The van der Waals surface area contributed by atoms with E-state index >= 15 is 0 Å². The molecule has 21 heteroatoms. The lowest BCUT2D eigenvalue weighted by Crippen LogP contribution is -2.53. The number of amides is 7. The summed E-state index contributed by atoms with van der Waals surface area (Å²) in [6.07, 6.45) is 5.95. The summed E-state index contributed by atoms with van der Waals surface area (Å²) in [5, 5.41) is 25.7. The predicted octanol–water partition coefficient (Wildman–Crippen LogP) is 0.950. The molecule has 1 aliphatic carbocycles. The maximum absolute atomic E-state index is 13.6. The number of rotatable bonds is 17. The van der Waals surface area contributed by atoms with Gasteiger partial charge >= 0.3 is 12.1 Å². The van der Waals surface area contributed by atoms with E-state index in [1.165, 1.54) is 25.5 Å². The van der Waals surface area contributed by atoms with Crippen LogP contribution in [0.1, 0.15) is 67.8 Å². The number of aliphatic hydroxyl groups is 1. The van der Waals surface area contributed by atoms with Crippen molar-refractivity contribution >= 4 is 64.1 Å². The molecule has 1 aromatic carbocycles. The topological polar surface area (TPSA) is 288 Å². The van der Waals surface area contributed by atoms with Crippen LogP contribution in [0.2, 0.25) is 0 Å². The molecular formula is C41H57N11O10. The second-order valence-electron chi connectivity index (χ2n) is 16.3. The van der Waals surface area contributed by atoms with Gasteiger partial charge in [0, 0.05) is 70.8 Å². The number of hydrogen-bond acceptors (Lipinski definition) is 13. The van der Waals surface area contributed by atoms with Gasteiger partial charge in [0.2, 0.25) is 23.6 Å². The summed E-state index contributed by atoms with van der Waals surface area (Å²) < 4.78 is 6.83. The van der Waals surface area contributed by atoms with Gasteiger partial charge in [0.25, 0.3) is 5.91 Å². The minimum atomic E-state index is -1.29. The molecule has 3 aromatic rings. The number of hydrogen-bond donors (Lipinski definition) is 7. The number of ether oxygens (including phenoxy) is 1. The van der Waals surface area contributed by atoms with E-state index in [4.69, 9.17) is 16.2 Å². The number of benzene rings is 1. The molecule has 0 radical (unpaired) electrons. The third kappa shape index (κ3) is 11.7. The number of carbonyl (C=O) groups excluding carboxylic acids is 7. The van der Waals surface area contributed by atoms with Crippen LogP contribution >= 0.6 is 0 Å². The Labute approximate surface area is 358 Å². The van der Waals surface area contributed by atoms with Crippen molar-refractivity contribution in [3.05, 3.63) is 53.9 Å². The first-order valence-corrected chi connectivity index (χ1v) is 20.4. The standard InChI is InChI=1S/C41H57N11O10/c1-41(60)14-5-7-26(20-41)23-50(4)34-28-13-16-52(36(28)44-21-29(34)35(43)55)39(58)48(2)17-18-49(3)40(59)62-24-25-9-11-27(12-10-25)46-33(54)22-45-37(56)31-8-6-15-51(31)38(57)30(47-61)19-32(42)53/h9-13,16,21,26,30-31,47,60-61H,5-8,14-15,17-20,22-24H2,1-4H3,(H2,42,53)(H2,43,55)(H,45,56)(H,46,54)/t26-,30?,31?,41-/m0/s1. The van der Waals surface area contributed by atoms with Crippen molar-refractivity contribution < 1.29 is 48.6 Å². The molecular weight excluding hydrogens is 807 g/mol. The Bertz CT molecular complexity index is 2140. The van der Waals surface area contributed by atoms with Gasteiger partial charge in [-0.25, -0.2) is 14.6 Å². The van der Waals surface area contributed by atoms with Gasteiger partial charge in [-0.05, 0) is 68.7 Å². The zero-order valence-corrected chi connectivity index (χ0v) is 35.5. The Morgan fingerprint density at radius 1 is 1.00 bits per heavy atom. The van der Waals surface area contributed by atoms with Gasteiger partial charge in [-0.15, -0.1) is 0 Å². The lowest BCUT2D eigenvalue weighted by atomic mass is 9.79. The zero-order valence-electron chi connectivity index (χ0n) is 35.5. The van der Waals surface area contributed by atoms with Gasteiger partial charge in [-0.3, -0.25) is 28.5 Å². The molecule has 5 rings (SSSR count). The van der Waals surface area contributed by atoms with Crippen LogP contribution in [-0.4, -0.2) is 148 Å². The lowest BCUT2D eigenvalue weighted by molar-refractivity contribution is -0.143. The molecule has 0 bridgehead atoms. The minimum Gasteiger partial charge on any atom is -0.445 e. The highest BCUT2D eigenvalue weighted by Gasteiger charge is 2.38. The summed E-state index contributed by atoms with van der Waals surface area (Å²) in [6, 6.07) is 5.64. The maximum Gasteiger partial charge on any atom is 0.409 e. The molecule has 3 heterocycles. The van der Waals surface area contributed by atoms with E-state index in [9.17, 15) is 43.9 Å². The van der Waals surface area contributed by atoms with Crippen molar-refractivity contribution in [2.24, 2.45) is 17.4 Å². The normalized spacial score (nSPS) is 19.0. The van der Waals surface area contributed by atoms with E-state index in [1.807, 2.05) is 18.9 Å². The highest BCUT2D eigenvalue weighted by atomic mass is 16.6. The fourth-order valence-corrected chi connectivity index (χ4v) is 8.04. The van der Waals surface area contributed by atoms with Gasteiger partial charge in [-0.1, -0.05) is 18.6 Å². The summed E-state index contributed by atoms with van der Waals surface area (Å²) in [5.74, 6) is -3.00. The van der Waals surface area contributed by atoms with Crippen molar-refractivity contribution in [3.63, 3.8) is 0 Å². The molecule has 2 unspecified atom stereocenters. The van der Waals surface area contributed by atoms with E-state index in [0.29, 0.717) is 53.8 Å². The Morgan fingerprint density at radius 2 is 1.71 bits per heavy atom. The summed E-state index contributed by atoms with van der Waals surface area (Å²) in [6.45, 7) is 2.50. The number of fused-ring (bicyclic) bond motifs is 1. The molecule has 2 aromatic heterocycles. The first-order chi connectivity index (χ1) is 29.4. The third-order valence-electron chi connectivity index (χ3n) is 11.3. The fraction of sp³-hybridized carbons (Fsp3) is 0.512. The smallest absolute Gasteiger partial charge is 0.409 e. The van der Waals surface area contributed by atoms with Crippen molar-refractivity contribution in [2.45, 2.75) is 76.2 Å². The van der Waals surface area contributed by atoms with Crippen LogP contribution in [0.3, 0.4) is 0 Å². The number of aromatic nitrogens is 2. The average molecular weight is 864 g/mol. The fourth-order valence-electron chi connectivity index (χ4n) is 8.04. The van der Waals surface area contributed by atoms with Gasteiger partial charge in [-0.2, -0.15) is 5.48 Å². The van der Waals surface area contributed by atoms with Crippen LogP contribution in [-0.2, 0) is 30.5 Å².